The zero-order chi connectivity index (χ0) is 17.5. The molecule has 1 aliphatic heterocycles. The summed E-state index contributed by atoms with van der Waals surface area (Å²) in [5.74, 6) is -0.931. The van der Waals surface area contributed by atoms with Crippen LogP contribution in [-0.4, -0.2) is 35.2 Å². The van der Waals surface area contributed by atoms with Gasteiger partial charge in [0.1, 0.15) is 11.5 Å². The Labute approximate surface area is 123 Å². The minimum Gasteiger partial charge on any atom is -0.353 e. The Balaban J connectivity index is 3.62. The normalized spacial score (nSPS) is 22.7. The Morgan fingerprint density at radius 3 is 1.82 bits per heavy atom. The largest absolute Gasteiger partial charge is 0.433 e. The van der Waals surface area contributed by atoms with E-state index in [1.54, 1.807) is 0 Å². The van der Waals surface area contributed by atoms with Crippen molar-refractivity contribution in [3.8, 4) is 6.07 Å². The first-order valence-corrected chi connectivity index (χ1v) is 6.43. The van der Waals surface area contributed by atoms with Crippen LogP contribution in [0.2, 0.25) is 0 Å². The monoisotopic (exact) mass is 327 g/mol. The van der Waals surface area contributed by atoms with Crippen LogP contribution in [0.4, 0.5) is 26.3 Å². The number of nitrogens with zero attached hydrogens (tertiary/aromatic N) is 3. The van der Waals surface area contributed by atoms with E-state index >= 15 is 0 Å². The van der Waals surface area contributed by atoms with Gasteiger partial charge in [-0.25, -0.2) is 4.99 Å². The van der Waals surface area contributed by atoms with Crippen LogP contribution in [0, 0.1) is 16.7 Å². The molecule has 0 saturated heterocycles. The van der Waals surface area contributed by atoms with Gasteiger partial charge in [0.15, 0.2) is 0 Å². The predicted octanol–water partition coefficient (Wildman–Crippen LogP) is 4.04. The number of hydrogen-bond acceptors (Lipinski definition) is 3. The van der Waals surface area contributed by atoms with Crippen molar-refractivity contribution >= 4 is 5.84 Å². The topological polar surface area (TPSA) is 39.4 Å². The van der Waals surface area contributed by atoms with Crippen LogP contribution in [0.1, 0.15) is 27.7 Å². The summed E-state index contributed by atoms with van der Waals surface area (Å²) in [4.78, 5) is 4.20. The fourth-order valence-electron chi connectivity index (χ4n) is 2.35. The van der Waals surface area contributed by atoms with Gasteiger partial charge in [0.2, 0.25) is 5.41 Å². The molecule has 0 bridgehead atoms. The number of halogens is 6. The number of allylic oxidation sites excluding steroid dienone is 1. The van der Waals surface area contributed by atoms with Crippen molar-refractivity contribution in [3.05, 3.63) is 11.8 Å². The van der Waals surface area contributed by atoms with Gasteiger partial charge < -0.3 is 4.90 Å². The SMILES string of the molecule is CC(C)N(C1=NC(C(F)(F)F)=CC1(C#N)C(F)(F)F)C(C)C. The van der Waals surface area contributed by atoms with E-state index in [4.69, 9.17) is 5.26 Å². The van der Waals surface area contributed by atoms with Crippen molar-refractivity contribution in [2.75, 3.05) is 0 Å². The molecule has 1 atom stereocenters. The molecule has 0 aliphatic carbocycles. The highest BCUT2D eigenvalue weighted by Crippen LogP contribution is 2.48. The molecule has 22 heavy (non-hydrogen) atoms. The number of amidine groups is 1. The van der Waals surface area contributed by atoms with E-state index < -0.39 is 41.4 Å². The van der Waals surface area contributed by atoms with Gasteiger partial charge in [0.25, 0.3) is 0 Å². The lowest BCUT2D eigenvalue weighted by Crippen LogP contribution is -2.53. The third kappa shape index (κ3) is 2.91. The fraction of sp³-hybridized carbons (Fsp3) is 0.692. The summed E-state index contributed by atoms with van der Waals surface area (Å²) in [7, 11) is 0. The molecule has 9 heteroatoms. The molecule has 1 aliphatic rings. The molecule has 0 aromatic heterocycles. The maximum atomic E-state index is 13.4. The second-order valence-corrected chi connectivity index (χ2v) is 5.48. The van der Waals surface area contributed by atoms with Gasteiger partial charge in [-0.15, -0.1) is 0 Å². The molecule has 0 aromatic rings. The van der Waals surface area contributed by atoms with Gasteiger partial charge in [0.05, 0.1) is 6.07 Å². The third-order valence-electron chi connectivity index (χ3n) is 3.20. The van der Waals surface area contributed by atoms with Gasteiger partial charge in [0, 0.05) is 12.1 Å². The van der Waals surface area contributed by atoms with Gasteiger partial charge in [-0.05, 0) is 33.8 Å². The standard InChI is InChI=1S/C13H15F6N3/c1-7(2)22(8(3)4)10-11(6-20,13(17,18)19)5-9(21-10)12(14,15)16/h5,7-8H,1-4H3. The van der Waals surface area contributed by atoms with E-state index in [2.05, 4.69) is 4.99 Å². The number of aliphatic imine (C=N–C) groups is 1. The van der Waals surface area contributed by atoms with Crippen molar-refractivity contribution < 1.29 is 26.3 Å². The second kappa shape index (κ2) is 5.48. The smallest absolute Gasteiger partial charge is 0.353 e. The highest BCUT2D eigenvalue weighted by molar-refractivity contribution is 5.97. The fourth-order valence-corrected chi connectivity index (χ4v) is 2.35. The molecule has 1 rings (SSSR count). The Bertz CT molecular complexity index is 527. The first kappa shape index (κ1) is 18.3. The van der Waals surface area contributed by atoms with Gasteiger partial charge >= 0.3 is 12.4 Å². The summed E-state index contributed by atoms with van der Waals surface area (Å²) >= 11 is 0. The molecular formula is C13H15F6N3. The molecule has 1 unspecified atom stereocenters. The van der Waals surface area contributed by atoms with E-state index in [0.29, 0.717) is 0 Å². The highest BCUT2D eigenvalue weighted by atomic mass is 19.4. The third-order valence-corrected chi connectivity index (χ3v) is 3.20. The number of nitriles is 1. The average Bonchev–Trinajstić information content (AvgIpc) is 2.67. The quantitative estimate of drug-likeness (QED) is 0.718. The number of rotatable bonds is 2. The summed E-state index contributed by atoms with van der Waals surface area (Å²) in [6.45, 7) is 6.08. The Kier molecular flexibility index (Phi) is 4.57. The van der Waals surface area contributed by atoms with E-state index in [0.717, 1.165) is 11.0 Å². The van der Waals surface area contributed by atoms with E-state index in [9.17, 15) is 26.3 Å². The molecule has 3 nitrogen and oxygen atoms in total. The molecular weight excluding hydrogens is 312 g/mol. The summed E-state index contributed by atoms with van der Waals surface area (Å²) in [6.07, 6.45) is -10.4. The molecule has 0 radical (unpaired) electrons. The van der Waals surface area contributed by atoms with Crippen LogP contribution in [-0.2, 0) is 0 Å². The number of alkyl halides is 6. The summed E-state index contributed by atoms with van der Waals surface area (Å²) < 4.78 is 78.5. The molecule has 0 N–H and O–H groups in total. The van der Waals surface area contributed by atoms with Crippen LogP contribution in [0.15, 0.2) is 16.8 Å². The van der Waals surface area contributed by atoms with Gasteiger partial charge in [-0.2, -0.15) is 31.6 Å². The minimum atomic E-state index is -5.21. The average molecular weight is 327 g/mol. The minimum absolute atomic E-state index is 0.139. The lowest BCUT2D eigenvalue weighted by molar-refractivity contribution is -0.167. The molecule has 0 spiro atoms. The lowest BCUT2D eigenvalue weighted by Gasteiger charge is -2.38. The van der Waals surface area contributed by atoms with Gasteiger partial charge in [-0.3, -0.25) is 0 Å². The zero-order valence-corrected chi connectivity index (χ0v) is 12.3. The molecule has 1 heterocycles. The maximum Gasteiger partial charge on any atom is 0.433 e. The van der Waals surface area contributed by atoms with Crippen molar-refractivity contribution in [3.63, 3.8) is 0 Å². The summed E-state index contributed by atoms with van der Waals surface area (Å²) in [5, 5.41) is 9.03. The first-order valence-electron chi connectivity index (χ1n) is 6.43. The predicted molar refractivity (Wildman–Crippen MR) is 67.8 cm³/mol. The van der Waals surface area contributed by atoms with E-state index in [1.807, 2.05) is 0 Å². The summed E-state index contributed by atoms with van der Waals surface area (Å²) in [6, 6.07) is -0.135. The van der Waals surface area contributed by atoms with Crippen LogP contribution in [0.25, 0.3) is 0 Å². The summed E-state index contributed by atoms with van der Waals surface area (Å²) in [5.41, 5.74) is -5.10. The van der Waals surface area contributed by atoms with Crippen molar-refractivity contribution in [2.24, 2.45) is 10.4 Å². The van der Waals surface area contributed by atoms with Crippen molar-refractivity contribution in [2.45, 2.75) is 52.1 Å². The maximum absolute atomic E-state index is 13.4. The first-order chi connectivity index (χ1) is 9.78. The highest BCUT2D eigenvalue weighted by Gasteiger charge is 2.64. The molecule has 0 fully saturated rings. The number of hydrogen-bond donors (Lipinski definition) is 0. The van der Waals surface area contributed by atoms with Crippen LogP contribution in [0.3, 0.4) is 0 Å². The Morgan fingerprint density at radius 1 is 1.09 bits per heavy atom. The second-order valence-electron chi connectivity index (χ2n) is 5.48. The molecule has 0 amide bonds. The molecule has 0 saturated carbocycles. The van der Waals surface area contributed by atoms with Crippen molar-refractivity contribution in [1.82, 2.24) is 4.90 Å². The van der Waals surface area contributed by atoms with Gasteiger partial charge in [-0.1, -0.05) is 0 Å². The van der Waals surface area contributed by atoms with Crippen LogP contribution < -0.4 is 0 Å². The molecule has 0 aromatic carbocycles. The van der Waals surface area contributed by atoms with Crippen LogP contribution >= 0.6 is 0 Å². The Hall–Kier alpha value is -1.72. The van der Waals surface area contributed by atoms with E-state index in [-0.39, 0.29) is 6.08 Å². The van der Waals surface area contributed by atoms with E-state index in [1.165, 1.54) is 27.7 Å². The molecule has 124 valence electrons. The van der Waals surface area contributed by atoms with Crippen LogP contribution in [0.5, 0.6) is 0 Å². The Morgan fingerprint density at radius 2 is 1.55 bits per heavy atom. The lowest BCUT2D eigenvalue weighted by atomic mass is 9.86. The zero-order valence-electron chi connectivity index (χ0n) is 12.3. The van der Waals surface area contributed by atoms with Crippen molar-refractivity contribution in [1.29, 1.82) is 5.26 Å².